The van der Waals surface area contributed by atoms with Crippen LogP contribution in [0, 0.1) is 12.8 Å². The third-order valence-electron chi connectivity index (χ3n) is 4.30. The fraction of sp³-hybridized carbons (Fsp3) is 0.533. The van der Waals surface area contributed by atoms with Gasteiger partial charge < -0.3 is 18.6 Å². The molecule has 0 bridgehead atoms. The molecule has 4 heterocycles. The van der Waals surface area contributed by atoms with E-state index >= 15 is 0 Å². The van der Waals surface area contributed by atoms with Crippen LogP contribution in [0.3, 0.4) is 0 Å². The van der Waals surface area contributed by atoms with E-state index in [1.165, 1.54) is 6.26 Å². The average Bonchev–Trinajstić information content (AvgIpc) is 3.21. The molecular weight excluding hydrogens is 286 g/mol. The minimum Gasteiger partial charge on any atom is -0.459 e. The summed E-state index contributed by atoms with van der Waals surface area (Å²) in [5, 5.41) is 3.79. The number of hydrogen-bond donors (Lipinski definition) is 0. The second-order valence-electron chi connectivity index (χ2n) is 5.92. The molecular formula is C15H17N3O4. The van der Waals surface area contributed by atoms with Crippen LogP contribution in [-0.2, 0) is 11.2 Å². The van der Waals surface area contributed by atoms with E-state index in [1.54, 1.807) is 24.0 Å². The fourth-order valence-electron chi connectivity index (χ4n) is 3.33. The lowest BCUT2D eigenvalue weighted by Crippen LogP contribution is -2.31. The summed E-state index contributed by atoms with van der Waals surface area (Å²) < 4.78 is 16.4. The van der Waals surface area contributed by atoms with Gasteiger partial charge in [0.05, 0.1) is 24.9 Å². The quantitative estimate of drug-likeness (QED) is 0.853. The van der Waals surface area contributed by atoms with Crippen LogP contribution in [0.15, 0.2) is 27.3 Å². The molecule has 0 saturated carbocycles. The van der Waals surface area contributed by atoms with Gasteiger partial charge in [0.2, 0.25) is 5.89 Å². The van der Waals surface area contributed by atoms with Gasteiger partial charge in [0.25, 0.3) is 5.91 Å². The van der Waals surface area contributed by atoms with Crippen LogP contribution in [0.4, 0.5) is 0 Å². The van der Waals surface area contributed by atoms with Gasteiger partial charge in [-0.2, -0.15) is 4.98 Å². The van der Waals surface area contributed by atoms with E-state index < -0.39 is 0 Å². The monoisotopic (exact) mass is 303 g/mol. The van der Waals surface area contributed by atoms with E-state index in [2.05, 4.69) is 10.1 Å². The first kappa shape index (κ1) is 13.5. The zero-order valence-electron chi connectivity index (χ0n) is 12.3. The molecule has 4 rings (SSSR count). The number of carbonyl (C=O) groups is 1. The molecule has 2 aromatic heterocycles. The Morgan fingerprint density at radius 2 is 2.36 bits per heavy atom. The summed E-state index contributed by atoms with van der Waals surface area (Å²) in [6, 6.07) is 3.42. The van der Waals surface area contributed by atoms with Crippen molar-refractivity contribution in [2.75, 3.05) is 13.1 Å². The van der Waals surface area contributed by atoms with Gasteiger partial charge in [-0.1, -0.05) is 5.16 Å². The van der Waals surface area contributed by atoms with Crippen LogP contribution >= 0.6 is 0 Å². The van der Waals surface area contributed by atoms with Crippen LogP contribution in [0.1, 0.15) is 28.7 Å². The second-order valence-corrected chi connectivity index (χ2v) is 5.92. The molecule has 22 heavy (non-hydrogen) atoms. The van der Waals surface area contributed by atoms with Crippen molar-refractivity contribution >= 4 is 5.91 Å². The largest absolute Gasteiger partial charge is 0.459 e. The minimum absolute atomic E-state index is 0.0629. The van der Waals surface area contributed by atoms with Gasteiger partial charge in [-0.3, -0.25) is 4.79 Å². The average molecular weight is 303 g/mol. The number of hydrogen-bond acceptors (Lipinski definition) is 6. The lowest BCUT2D eigenvalue weighted by molar-refractivity contribution is 0.0324. The van der Waals surface area contributed by atoms with Crippen molar-refractivity contribution < 1.29 is 18.5 Å². The number of likely N-dealkylation sites (tertiary alicyclic amines) is 1. The molecule has 2 aliphatic rings. The zero-order valence-corrected chi connectivity index (χ0v) is 12.3. The summed E-state index contributed by atoms with van der Waals surface area (Å²) in [4.78, 5) is 18.3. The number of nitrogens with zero attached hydrogens (tertiary/aromatic N) is 3. The summed E-state index contributed by atoms with van der Waals surface area (Å²) in [5.41, 5.74) is 0. The lowest BCUT2D eigenvalue weighted by atomic mass is 10.0. The Bertz CT molecular complexity index is 652. The molecule has 0 spiro atoms. The minimum atomic E-state index is -0.0629. The summed E-state index contributed by atoms with van der Waals surface area (Å²) in [6.45, 7) is 3.13. The molecule has 0 N–H and O–H groups in total. The molecule has 0 aliphatic carbocycles. The van der Waals surface area contributed by atoms with Crippen LogP contribution < -0.4 is 0 Å². The van der Waals surface area contributed by atoms with Gasteiger partial charge in [0.1, 0.15) is 0 Å². The van der Waals surface area contributed by atoms with Gasteiger partial charge in [-0.15, -0.1) is 0 Å². The number of ether oxygens (including phenoxy) is 1. The summed E-state index contributed by atoms with van der Waals surface area (Å²) >= 11 is 0. The number of aromatic nitrogens is 2. The molecule has 0 unspecified atom stereocenters. The summed E-state index contributed by atoms with van der Waals surface area (Å²) in [6.07, 6.45) is 3.25. The summed E-state index contributed by atoms with van der Waals surface area (Å²) in [7, 11) is 0. The maximum absolute atomic E-state index is 12.3. The Kier molecular flexibility index (Phi) is 3.22. The Labute approximate surface area is 127 Å². The van der Waals surface area contributed by atoms with Crippen LogP contribution in [-0.4, -0.2) is 46.2 Å². The number of carbonyl (C=O) groups excluding carboxylic acids is 1. The fourth-order valence-corrected chi connectivity index (χ4v) is 3.33. The molecule has 0 aromatic carbocycles. The molecule has 2 saturated heterocycles. The molecule has 3 atom stereocenters. The van der Waals surface area contributed by atoms with Crippen LogP contribution in [0.5, 0.6) is 0 Å². The Hall–Kier alpha value is -2.15. The van der Waals surface area contributed by atoms with Crippen LogP contribution in [0.2, 0.25) is 0 Å². The standard InChI is InChI=1S/C15H17N3O4/c1-9-16-14(22-17-9)6-11-5-10-7-18(8-13(10)21-11)15(19)12-3-2-4-20-12/h2-4,10-11,13H,5-8H2,1H3/t10-,11+,13+/m0/s1. The first-order chi connectivity index (χ1) is 10.7. The van der Waals surface area contributed by atoms with E-state index in [9.17, 15) is 4.79 Å². The van der Waals surface area contributed by atoms with Gasteiger partial charge in [-0.05, 0) is 25.5 Å². The molecule has 7 nitrogen and oxygen atoms in total. The Balaban J connectivity index is 1.35. The lowest BCUT2D eigenvalue weighted by Gasteiger charge is -2.17. The van der Waals surface area contributed by atoms with E-state index in [4.69, 9.17) is 13.7 Å². The highest BCUT2D eigenvalue weighted by molar-refractivity contribution is 5.91. The molecule has 2 aliphatic heterocycles. The summed E-state index contributed by atoms with van der Waals surface area (Å²) in [5.74, 6) is 1.95. The van der Waals surface area contributed by atoms with E-state index in [0.29, 0.717) is 42.9 Å². The second kappa shape index (κ2) is 5.24. The third kappa shape index (κ3) is 2.41. The van der Waals surface area contributed by atoms with Gasteiger partial charge in [0.15, 0.2) is 11.6 Å². The molecule has 7 heteroatoms. The molecule has 2 aromatic rings. The topological polar surface area (TPSA) is 81.6 Å². The number of aryl methyl sites for hydroxylation is 1. The van der Waals surface area contributed by atoms with E-state index in [-0.39, 0.29) is 18.1 Å². The van der Waals surface area contributed by atoms with Crippen molar-refractivity contribution in [2.24, 2.45) is 5.92 Å². The third-order valence-corrected chi connectivity index (χ3v) is 4.30. The number of furan rings is 1. The van der Waals surface area contributed by atoms with Crippen LogP contribution in [0.25, 0.3) is 0 Å². The molecule has 116 valence electrons. The first-order valence-electron chi connectivity index (χ1n) is 7.46. The predicted octanol–water partition coefficient (Wildman–Crippen LogP) is 1.44. The van der Waals surface area contributed by atoms with Crippen molar-refractivity contribution in [1.29, 1.82) is 0 Å². The normalized spacial score (nSPS) is 27.3. The first-order valence-corrected chi connectivity index (χ1v) is 7.46. The number of rotatable bonds is 3. The molecule has 2 fully saturated rings. The molecule has 0 radical (unpaired) electrons. The van der Waals surface area contributed by atoms with Crippen molar-refractivity contribution in [3.05, 3.63) is 35.9 Å². The van der Waals surface area contributed by atoms with E-state index in [0.717, 1.165) is 6.42 Å². The number of fused-ring (bicyclic) bond motifs is 1. The van der Waals surface area contributed by atoms with E-state index in [1.807, 2.05) is 0 Å². The van der Waals surface area contributed by atoms with Crippen molar-refractivity contribution in [2.45, 2.75) is 32.0 Å². The van der Waals surface area contributed by atoms with Gasteiger partial charge in [-0.25, -0.2) is 0 Å². The van der Waals surface area contributed by atoms with Crippen molar-refractivity contribution in [3.63, 3.8) is 0 Å². The highest BCUT2D eigenvalue weighted by Crippen LogP contribution is 2.34. The molecule has 1 amide bonds. The van der Waals surface area contributed by atoms with Gasteiger partial charge >= 0.3 is 0 Å². The Morgan fingerprint density at radius 3 is 3.05 bits per heavy atom. The smallest absolute Gasteiger partial charge is 0.289 e. The SMILES string of the molecule is Cc1noc(C[C@H]2C[C@H]3CN(C(=O)c4ccco4)C[C@H]3O2)n1. The number of amides is 1. The maximum atomic E-state index is 12.3. The predicted molar refractivity (Wildman–Crippen MR) is 74.1 cm³/mol. The van der Waals surface area contributed by atoms with Gasteiger partial charge in [0, 0.05) is 19.0 Å². The van der Waals surface area contributed by atoms with Crippen molar-refractivity contribution in [3.8, 4) is 0 Å². The zero-order chi connectivity index (χ0) is 15.1. The Morgan fingerprint density at radius 1 is 1.45 bits per heavy atom. The maximum Gasteiger partial charge on any atom is 0.289 e. The van der Waals surface area contributed by atoms with Crippen molar-refractivity contribution in [1.82, 2.24) is 15.0 Å². The highest BCUT2D eigenvalue weighted by atomic mass is 16.5. The highest BCUT2D eigenvalue weighted by Gasteiger charge is 2.44.